The van der Waals surface area contributed by atoms with Crippen LogP contribution >= 0.6 is 34.8 Å². The van der Waals surface area contributed by atoms with Crippen LogP contribution < -0.4 is 14.8 Å². The van der Waals surface area contributed by atoms with Gasteiger partial charge in [0.1, 0.15) is 19.8 Å². The summed E-state index contributed by atoms with van der Waals surface area (Å²) in [6, 6.07) is 2.68. The highest BCUT2D eigenvalue weighted by Gasteiger charge is 2.32. The molecular formula is C27H35Cl3N2O9. The lowest BCUT2D eigenvalue weighted by Crippen LogP contribution is -2.39. The molecule has 2 rings (SSSR count). The standard InChI is InChI=1S/C27H35Cl3N2O9/c1-4-12-39-26(36)31-21-15-23(38-13-7-5-6-10-24(34)41-17-27(28,29)30)22(37-3)14-20(21)25(35)32-11-8-9-19(32)16-40-18(2)33/h4,14-15,19H,1,5-13,16-17H2,2-3H3,(H,31,36)/t19-/m0/s1. The van der Waals surface area contributed by atoms with Gasteiger partial charge in [-0.3, -0.25) is 19.7 Å². The minimum absolute atomic E-state index is 0.0245. The Morgan fingerprint density at radius 2 is 1.85 bits per heavy atom. The van der Waals surface area contributed by atoms with E-state index in [1.54, 1.807) is 4.90 Å². The molecule has 41 heavy (non-hydrogen) atoms. The molecule has 1 aromatic carbocycles. The summed E-state index contributed by atoms with van der Waals surface area (Å²) in [6.45, 7) is 5.29. The largest absolute Gasteiger partial charge is 0.493 e. The summed E-state index contributed by atoms with van der Waals surface area (Å²) in [6.07, 6.45) is 4.00. The Bertz CT molecular complexity index is 1080. The monoisotopic (exact) mass is 636 g/mol. The number of carbonyl (C=O) groups excluding carboxylic acids is 4. The summed E-state index contributed by atoms with van der Waals surface area (Å²) in [5.74, 6) is -0.691. The Morgan fingerprint density at radius 3 is 2.51 bits per heavy atom. The van der Waals surface area contributed by atoms with Gasteiger partial charge in [-0.25, -0.2) is 4.79 Å². The molecule has 0 unspecified atom stereocenters. The lowest BCUT2D eigenvalue weighted by molar-refractivity contribution is -0.144. The second kappa shape index (κ2) is 17.2. The number of esters is 2. The second-order valence-corrected chi connectivity index (χ2v) is 11.6. The Hall–Kier alpha value is -2.89. The SMILES string of the molecule is C=CCOC(=O)Nc1cc(OCCCCCC(=O)OCC(Cl)(Cl)Cl)c(OC)cc1C(=O)N1CCC[C@H]1COC(C)=O. The molecule has 1 fully saturated rings. The van der Waals surface area contributed by atoms with Crippen LogP contribution in [-0.2, 0) is 23.8 Å². The third-order valence-corrected chi connectivity index (χ3v) is 6.23. The van der Waals surface area contributed by atoms with Crippen molar-refractivity contribution in [2.24, 2.45) is 0 Å². The van der Waals surface area contributed by atoms with Crippen LogP contribution in [0, 0.1) is 0 Å². The third-order valence-electron chi connectivity index (χ3n) is 5.90. The highest BCUT2D eigenvalue weighted by molar-refractivity contribution is 6.67. The fourth-order valence-electron chi connectivity index (χ4n) is 4.00. The first-order valence-electron chi connectivity index (χ1n) is 13.0. The minimum atomic E-state index is -1.65. The van der Waals surface area contributed by atoms with Crippen molar-refractivity contribution >= 4 is 64.4 Å². The fourth-order valence-corrected chi connectivity index (χ4v) is 4.17. The zero-order valence-corrected chi connectivity index (χ0v) is 25.3. The van der Waals surface area contributed by atoms with Crippen LogP contribution in [-0.4, -0.2) is 78.8 Å². The molecule has 0 spiro atoms. The maximum absolute atomic E-state index is 13.6. The summed E-state index contributed by atoms with van der Waals surface area (Å²) in [5, 5.41) is 2.60. The van der Waals surface area contributed by atoms with Gasteiger partial charge >= 0.3 is 18.0 Å². The molecule has 1 saturated heterocycles. The second-order valence-electron chi connectivity index (χ2n) is 9.09. The first kappa shape index (κ1) is 34.3. The number of unbranched alkanes of at least 4 members (excludes halogenated alkanes) is 2. The number of benzene rings is 1. The molecule has 1 N–H and O–H groups in total. The van der Waals surface area contributed by atoms with Gasteiger partial charge in [-0.05, 0) is 38.2 Å². The van der Waals surface area contributed by atoms with Gasteiger partial charge in [-0.15, -0.1) is 0 Å². The van der Waals surface area contributed by atoms with Gasteiger partial charge in [0, 0.05) is 26.0 Å². The lowest BCUT2D eigenvalue weighted by atomic mass is 10.1. The van der Waals surface area contributed by atoms with E-state index in [-0.39, 0.29) is 61.8 Å². The molecule has 2 amide bonds. The van der Waals surface area contributed by atoms with Gasteiger partial charge in [0.25, 0.3) is 5.91 Å². The lowest BCUT2D eigenvalue weighted by Gasteiger charge is -2.26. The fraction of sp³-hybridized carbons (Fsp3) is 0.556. The normalized spacial score (nSPS) is 14.7. The van der Waals surface area contributed by atoms with Crippen LogP contribution in [0.25, 0.3) is 0 Å². The topological polar surface area (TPSA) is 130 Å². The maximum Gasteiger partial charge on any atom is 0.411 e. The Balaban J connectivity index is 2.11. The summed E-state index contributed by atoms with van der Waals surface area (Å²) in [5.41, 5.74) is 0.322. The zero-order chi connectivity index (χ0) is 30.4. The number of methoxy groups -OCH3 is 1. The van der Waals surface area contributed by atoms with Crippen molar-refractivity contribution in [2.75, 3.05) is 45.4 Å². The Labute approximate surface area is 254 Å². The van der Waals surface area contributed by atoms with E-state index < -0.39 is 21.8 Å². The van der Waals surface area contributed by atoms with E-state index in [4.69, 9.17) is 58.5 Å². The average Bonchev–Trinajstić information content (AvgIpc) is 3.39. The molecule has 228 valence electrons. The van der Waals surface area contributed by atoms with Crippen LogP contribution in [0.5, 0.6) is 11.5 Å². The summed E-state index contributed by atoms with van der Waals surface area (Å²) in [4.78, 5) is 50.6. The van der Waals surface area contributed by atoms with Crippen LogP contribution in [0.15, 0.2) is 24.8 Å². The quantitative estimate of drug-likeness (QED) is 0.0877. The van der Waals surface area contributed by atoms with Gasteiger partial charge in [-0.2, -0.15) is 0 Å². The number of hydrogen-bond acceptors (Lipinski definition) is 9. The van der Waals surface area contributed by atoms with E-state index >= 15 is 0 Å². The maximum atomic E-state index is 13.6. The molecule has 1 heterocycles. The first-order chi connectivity index (χ1) is 19.4. The highest BCUT2D eigenvalue weighted by atomic mass is 35.6. The predicted octanol–water partition coefficient (Wildman–Crippen LogP) is 5.45. The number of likely N-dealkylation sites (tertiary alicyclic amines) is 1. The number of carbonyl (C=O) groups is 4. The summed E-state index contributed by atoms with van der Waals surface area (Å²) >= 11 is 16.7. The number of alkyl halides is 3. The first-order valence-corrected chi connectivity index (χ1v) is 14.1. The molecule has 0 aromatic heterocycles. The van der Waals surface area contributed by atoms with Gasteiger partial charge in [-0.1, -0.05) is 47.5 Å². The number of halogens is 3. The Kier molecular flexibility index (Phi) is 14.4. The third kappa shape index (κ3) is 12.2. The van der Waals surface area contributed by atoms with Crippen LogP contribution in [0.4, 0.5) is 10.5 Å². The van der Waals surface area contributed by atoms with Crippen molar-refractivity contribution in [3.8, 4) is 11.5 Å². The van der Waals surface area contributed by atoms with Gasteiger partial charge in [0.2, 0.25) is 3.79 Å². The molecule has 14 heteroatoms. The molecule has 11 nitrogen and oxygen atoms in total. The number of ether oxygens (including phenoxy) is 5. The van der Waals surface area contributed by atoms with E-state index in [1.165, 1.54) is 32.2 Å². The van der Waals surface area contributed by atoms with Crippen molar-refractivity contribution in [1.82, 2.24) is 4.90 Å². The number of anilines is 1. The number of nitrogens with zero attached hydrogens (tertiary/aromatic N) is 1. The molecule has 1 aliphatic rings. The van der Waals surface area contributed by atoms with Crippen LogP contribution in [0.1, 0.15) is 55.8 Å². The molecular weight excluding hydrogens is 603 g/mol. The minimum Gasteiger partial charge on any atom is -0.493 e. The van der Waals surface area contributed by atoms with E-state index in [2.05, 4.69) is 11.9 Å². The van der Waals surface area contributed by atoms with Gasteiger partial charge in [0.15, 0.2) is 11.5 Å². The van der Waals surface area contributed by atoms with Gasteiger partial charge < -0.3 is 28.6 Å². The van der Waals surface area contributed by atoms with Gasteiger partial charge in [0.05, 0.1) is 31.0 Å². The van der Waals surface area contributed by atoms with E-state index in [9.17, 15) is 19.2 Å². The predicted molar refractivity (Wildman–Crippen MR) is 154 cm³/mol. The van der Waals surface area contributed by atoms with Crippen molar-refractivity contribution in [2.45, 2.75) is 55.3 Å². The number of nitrogens with one attached hydrogen (secondary N) is 1. The molecule has 1 aromatic rings. The molecule has 0 radical (unpaired) electrons. The Morgan fingerprint density at radius 1 is 1.10 bits per heavy atom. The molecule has 1 aliphatic heterocycles. The molecule has 1 atom stereocenters. The van der Waals surface area contributed by atoms with Crippen molar-refractivity contribution in [3.63, 3.8) is 0 Å². The van der Waals surface area contributed by atoms with Crippen molar-refractivity contribution in [3.05, 3.63) is 30.4 Å². The highest BCUT2D eigenvalue weighted by Crippen LogP contribution is 2.36. The summed E-state index contributed by atoms with van der Waals surface area (Å²) in [7, 11) is 1.43. The smallest absolute Gasteiger partial charge is 0.411 e. The van der Waals surface area contributed by atoms with E-state index in [0.29, 0.717) is 38.0 Å². The van der Waals surface area contributed by atoms with Crippen LogP contribution in [0.2, 0.25) is 0 Å². The summed E-state index contributed by atoms with van der Waals surface area (Å²) < 4.78 is 24.8. The van der Waals surface area contributed by atoms with E-state index in [0.717, 1.165) is 6.42 Å². The van der Waals surface area contributed by atoms with Crippen molar-refractivity contribution in [1.29, 1.82) is 0 Å². The zero-order valence-electron chi connectivity index (χ0n) is 23.1. The number of rotatable bonds is 15. The van der Waals surface area contributed by atoms with Crippen molar-refractivity contribution < 1.29 is 42.9 Å². The van der Waals surface area contributed by atoms with Crippen LogP contribution in [0.3, 0.4) is 0 Å². The number of amides is 2. The van der Waals surface area contributed by atoms with E-state index in [1.807, 2.05) is 0 Å². The molecule has 0 aliphatic carbocycles. The molecule has 0 bridgehead atoms. The molecule has 0 saturated carbocycles. The average molecular weight is 638 g/mol. The number of hydrogen-bond donors (Lipinski definition) is 1.